The molecular formula is C23H37P. The van der Waals surface area contributed by atoms with Crippen LogP contribution < -0.4 is 0 Å². The van der Waals surface area contributed by atoms with Crippen molar-refractivity contribution in [1.29, 1.82) is 0 Å². The van der Waals surface area contributed by atoms with Gasteiger partial charge in [-0.15, -0.1) is 0 Å². The Bertz CT molecular complexity index is 432. The summed E-state index contributed by atoms with van der Waals surface area (Å²) in [5.41, 5.74) is 1.71. The van der Waals surface area contributed by atoms with Crippen LogP contribution in [-0.4, -0.2) is 12.3 Å². The second kappa shape index (κ2) is 9.96. The third kappa shape index (κ3) is 4.85. The molecule has 0 nitrogen and oxygen atoms in total. The predicted molar refractivity (Wildman–Crippen MR) is 109 cm³/mol. The lowest BCUT2D eigenvalue weighted by molar-refractivity contribution is 0.480. The van der Waals surface area contributed by atoms with Crippen LogP contribution in [-0.2, 0) is 5.16 Å². The fourth-order valence-corrected chi connectivity index (χ4v) is 8.81. The van der Waals surface area contributed by atoms with Crippen LogP contribution in [0.2, 0.25) is 0 Å². The Morgan fingerprint density at radius 2 is 1.00 bits per heavy atom. The Balaban J connectivity index is 1.89. The van der Waals surface area contributed by atoms with Crippen molar-refractivity contribution in [2.24, 2.45) is 0 Å². The molecule has 3 rings (SSSR count). The van der Waals surface area contributed by atoms with E-state index in [0.717, 1.165) is 0 Å². The van der Waals surface area contributed by atoms with Gasteiger partial charge in [0, 0.05) is 5.16 Å². The van der Waals surface area contributed by atoms with E-state index in [1.54, 1.807) is 17.9 Å². The molecule has 0 bridgehead atoms. The van der Waals surface area contributed by atoms with Gasteiger partial charge in [0.05, 0.1) is 0 Å². The minimum atomic E-state index is 0.148. The summed E-state index contributed by atoms with van der Waals surface area (Å²) in [7, 11) is 0.148. The molecule has 134 valence electrons. The molecule has 0 amide bonds. The summed E-state index contributed by atoms with van der Waals surface area (Å²) in [5, 5.41) is 0.547. The first-order valence-corrected chi connectivity index (χ1v) is 12.4. The largest absolute Gasteiger partial charge is 0.0958 e. The van der Waals surface area contributed by atoms with E-state index in [2.05, 4.69) is 30.3 Å². The molecule has 0 radical (unpaired) electrons. The van der Waals surface area contributed by atoms with Gasteiger partial charge in [-0.05, 0) is 43.6 Å². The summed E-state index contributed by atoms with van der Waals surface area (Å²) in [5.74, 6) is 0. The highest BCUT2D eigenvalue weighted by Crippen LogP contribution is 2.62. The first-order chi connectivity index (χ1) is 11.9. The smallest absolute Gasteiger partial charge is 0.0154 e. The molecule has 1 heteroatoms. The standard InChI is InChI=1S/C23H37P/c1-2-6-13-19-23(18-12-5-1,22-16-10-9-11-17-22)24-20-14-7-3-4-8-15-21-24/h9-11,16-17H,1-8,12-15,18-21H2. The summed E-state index contributed by atoms with van der Waals surface area (Å²) < 4.78 is 0. The lowest BCUT2D eigenvalue weighted by atomic mass is 9.88. The van der Waals surface area contributed by atoms with Crippen molar-refractivity contribution >= 4 is 7.92 Å². The Labute approximate surface area is 151 Å². The molecule has 0 atom stereocenters. The topological polar surface area (TPSA) is 0 Å². The van der Waals surface area contributed by atoms with E-state index in [1.807, 2.05) is 0 Å². The molecule has 2 fully saturated rings. The van der Waals surface area contributed by atoms with E-state index < -0.39 is 0 Å². The molecule has 24 heavy (non-hydrogen) atoms. The van der Waals surface area contributed by atoms with Gasteiger partial charge in [0.1, 0.15) is 0 Å². The van der Waals surface area contributed by atoms with Gasteiger partial charge < -0.3 is 0 Å². The van der Waals surface area contributed by atoms with E-state index in [0.29, 0.717) is 5.16 Å². The zero-order valence-corrected chi connectivity index (χ0v) is 16.5. The van der Waals surface area contributed by atoms with Crippen molar-refractivity contribution in [3.63, 3.8) is 0 Å². The first-order valence-electron chi connectivity index (χ1n) is 10.7. The van der Waals surface area contributed by atoms with Crippen LogP contribution >= 0.6 is 7.92 Å². The van der Waals surface area contributed by atoms with E-state index in [-0.39, 0.29) is 7.92 Å². The molecule has 2 aliphatic rings. The Kier molecular flexibility index (Phi) is 7.65. The SMILES string of the molecule is c1ccc(C2(P3CCCCCCCC3)CCCCCCCC2)cc1. The maximum atomic E-state index is 2.48. The van der Waals surface area contributed by atoms with Crippen molar-refractivity contribution in [3.8, 4) is 0 Å². The predicted octanol–water partition coefficient (Wildman–Crippen LogP) is 7.85. The molecule has 1 saturated carbocycles. The lowest BCUT2D eigenvalue weighted by Crippen LogP contribution is -2.26. The minimum Gasteiger partial charge on any atom is -0.0958 e. The van der Waals surface area contributed by atoms with Crippen molar-refractivity contribution in [2.45, 2.75) is 95.0 Å². The minimum absolute atomic E-state index is 0.148. The molecule has 0 unspecified atom stereocenters. The van der Waals surface area contributed by atoms with Crippen molar-refractivity contribution in [1.82, 2.24) is 0 Å². The summed E-state index contributed by atoms with van der Waals surface area (Å²) >= 11 is 0. The fraction of sp³-hybridized carbons (Fsp3) is 0.739. The second-order valence-corrected chi connectivity index (χ2v) is 11.0. The van der Waals surface area contributed by atoms with Crippen LogP contribution in [0.1, 0.15) is 95.5 Å². The normalized spacial score (nSPS) is 24.7. The molecule has 1 aliphatic carbocycles. The Hall–Kier alpha value is -0.350. The maximum absolute atomic E-state index is 2.48. The van der Waals surface area contributed by atoms with Crippen LogP contribution in [0.4, 0.5) is 0 Å². The monoisotopic (exact) mass is 344 g/mol. The van der Waals surface area contributed by atoms with Crippen LogP contribution in [0.3, 0.4) is 0 Å². The van der Waals surface area contributed by atoms with Gasteiger partial charge in [0.15, 0.2) is 0 Å². The molecule has 0 spiro atoms. The number of rotatable bonds is 2. The molecule has 1 heterocycles. The van der Waals surface area contributed by atoms with Crippen molar-refractivity contribution in [3.05, 3.63) is 35.9 Å². The van der Waals surface area contributed by atoms with Gasteiger partial charge in [-0.2, -0.15) is 0 Å². The van der Waals surface area contributed by atoms with Crippen molar-refractivity contribution in [2.75, 3.05) is 12.3 Å². The average molecular weight is 345 g/mol. The van der Waals surface area contributed by atoms with Gasteiger partial charge in [-0.25, -0.2) is 0 Å². The van der Waals surface area contributed by atoms with E-state index in [1.165, 1.54) is 89.9 Å². The van der Waals surface area contributed by atoms with E-state index in [9.17, 15) is 0 Å². The van der Waals surface area contributed by atoms with Crippen LogP contribution in [0.5, 0.6) is 0 Å². The highest BCUT2D eigenvalue weighted by atomic mass is 31.1. The van der Waals surface area contributed by atoms with Gasteiger partial charge >= 0.3 is 0 Å². The van der Waals surface area contributed by atoms with Crippen LogP contribution in [0.25, 0.3) is 0 Å². The Morgan fingerprint density at radius 1 is 0.542 bits per heavy atom. The Morgan fingerprint density at radius 3 is 1.54 bits per heavy atom. The second-order valence-electron chi connectivity index (χ2n) is 8.13. The first kappa shape index (κ1) is 18.4. The third-order valence-electron chi connectivity index (χ3n) is 6.45. The van der Waals surface area contributed by atoms with Gasteiger partial charge in [0.2, 0.25) is 0 Å². The fourth-order valence-electron chi connectivity index (χ4n) is 5.06. The highest BCUT2D eigenvalue weighted by Gasteiger charge is 2.38. The summed E-state index contributed by atoms with van der Waals surface area (Å²) in [6.07, 6.45) is 23.8. The van der Waals surface area contributed by atoms with Crippen LogP contribution in [0.15, 0.2) is 30.3 Å². The van der Waals surface area contributed by atoms with E-state index in [4.69, 9.17) is 0 Å². The summed E-state index contributed by atoms with van der Waals surface area (Å²) in [4.78, 5) is 0. The zero-order chi connectivity index (χ0) is 16.5. The number of hydrogen-bond acceptors (Lipinski definition) is 0. The highest BCUT2D eigenvalue weighted by molar-refractivity contribution is 7.58. The number of hydrogen-bond donors (Lipinski definition) is 0. The molecule has 0 aromatic heterocycles. The summed E-state index contributed by atoms with van der Waals surface area (Å²) in [6, 6.07) is 11.8. The zero-order valence-electron chi connectivity index (χ0n) is 15.6. The number of benzene rings is 1. The van der Waals surface area contributed by atoms with E-state index >= 15 is 0 Å². The average Bonchev–Trinajstić information content (AvgIpc) is 2.84. The molecule has 0 N–H and O–H groups in total. The quantitative estimate of drug-likeness (QED) is 0.479. The lowest BCUT2D eigenvalue weighted by Gasteiger charge is -2.43. The van der Waals surface area contributed by atoms with Crippen molar-refractivity contribution < 1.29 is 0 Å². The van der Waals surface area contributed by atoms with Gasteiger partial charge in [0.25, 0.3) is 0 Å². The van der Waals surface area contributed by atoms with Gasteiger partial charge in [-0.3, -0.25) is 0 Å². The summed E-state index contributed by atoms with van der Waals surface area (Å²) in [6.45, 7) is 0. The van der Waals surface area contributed by atoms with Crippen LogP contribution in [0, 0.1) is 0 Å². The molecule has 1 aromatic rings. The molecule has 1 saturated heterocycles. The maximum Gasteiger partial charge on any atom is 0.0154 e. The molecule has 1 aliphatic heterocycles. The molecule has 1 aromatic carbocycles. The third-order valence-corrected chi connectivity index (χ3v) is 10.1. The molecular weight excluding hydrogens is 307 g/mol. The van der Waals surface area contributed by atoms with Gasteiger partial charge in [-0.1, -0.05) is 102 Å².